The molecule has 0 bridgehead atoms. The van der Waals surface area contributed by atoms with Crippen LogP contribution in [-0.4, -0.2) is 14.9 Å². The summed E-state index contributed by atoms with van der Waals surface area (Å²) in [5, 5.41) is 13.9. The van der Waals surface area contributed by atoms with Gasteiger partial charge in [0.2, 0.25) is 0 Å². The minimum Gasteiger partial charge on any atom is -0.375 e. The first kappa shape index (κ1) is 12.8. The van der Waals surface area contributed by atoms with Crippen molar-refractivity contribution in [3.05, 3.63) is 50.1 Å². The molecular formula is C11H11IN4O2. The number of rotatable bonds is 4. The number of aromatic nitrogens is 2. The first-order valence-corrected chi connectivity index (χ1v) is 6.35. The smallest absolute Gasteiger partial charge is 0.270 e. The molecule has 0 aliphatic rings. The van der Waals surface area contributed by atoms with E-state index in [4.69, 9.17) is 0 Å². The number of benzene rings is 1. The summed E-state index contributed by atoms with van der Waals surface area (Å²) in [4.78, 5) is 17.4. The van der Waals surface area contributed by atoms with E-state index in [2.05, 4.69) is 37.9 Å². The first-order valence-electron chi connectivity index (χ1n) is 5.27. The number of nitrogens with one attached hydrogen (secondary N) is 2. The molecule has 6 nitrogen and oxygen atoms in total. The van der Waals surface area contributed by atoms with Gasteiger partial charge in [-0.15, -0.1) is 0 Å². The lowest BCUT2D eigenvalue weighted by Crippen LogP contribution is -2.09. The number of anilines is 1. The Morgan fingerprint density at radius 2 is 2.33 bits per heavy atom. The van der Waals surface area contributed by atoms with Crippen LogP contribution in [0.4, 0.5) is 11.4 Å². The van der Waals surface area contributed by atoms with Crippen LogP contribution in [-0.2, 0) is 0 Å². The van der Waals surface area contributed by atoms with E-state index in [0.29, 0.717) is 0 Å². The molecule has 1 heterocycles. The van der Waals surface area contributed by atoms with Gasteiger partial charge in [-0.1, -0.05) is 0 Å². The number of hydrogen-bond acceptors (Lipinski definition) is 4. The number of nitro benzene ring substituents is 1. The molecule has 1 aromatic carbocycles. The van der Waals surface area contributed by atoms with Crippen molar-refractivity contribution < 1.29 is 4.92 Å². The summed E-state index contributed by atoms with van der Waals surface area (Å²) in [7, 11) is 0. The lowest BCUT2D eigenvalue weighted by molar-refractivity contribution is -0.384. The van der Waals surface area contributed by atoms with E-state index in [0.717, 1.165) is 15.1 Å². The molecule has 0 fully saturated rings. The zero-order valence-electron chi connectivity index (χ0n) is 9.55. The van der Waals surface area contributed by atoms with Gasteiger partial charge in [0.15, 0.2) is 0 Å². The maximum atomic E-state index is 10.6. The molecule has 0 amide bonds. The van der Waals surface area contributed by atoms with Gasteiger partial charge >= 0.3 is 0 Å². The fourth-order valence-electron chi connectivity index (χ4n) is 1.55. The average Bonchev–Trinajstić information content (AvgIpc) is 2.85. The highest BCUT2D eigenvalue weighted by Crippen LogP contribution is 2.26. The van der Waals surface area contributed by atoms with E-state index in [1.165, 1.54) is 12.1 Å². The van der Waals surface area contributed by atoms with E-state index < -0.39 is 4.92 Å². The van der Waals surface area contributed by atoms with Crippen LogP contribution in [0.5, 0.6) is 0 Å². The monoisotopic (exact) mass is 358 g/mol. The zero-order valence-corrected chi connectivity index (χ0v) is 11.7. The molecule has 2 N–H and O–H groups in total. The Balaban J connectivity index is 2.17. The molecular weight excluding hydrogens is 347 g/mol. The molecule has 2 aromatic rings. The van der Waals surface area contributed by atoms with Crippen LogP contribution in [0.2, 0.25) is 0 Å². The summed E-state index contributed by atoms with van der Waals surface area (Å²) in [6.07, 6.45) is 3.45. The molecule has 2 rings (SSSR count). The number of non-ortho nitro benzene ring substituents is 1. The van der Waals surface area contributed by atoms with Gasteiger partial charge in [-0.05, 0) is 35.6 Å². The third-order valence-electron chi connectivity index (χ3n) is 2.47. The standard InChI is InChI=1S/C11H11IN4O2/c1-7(11-13-4-5-14-11)15-10-3-2-8(16(17)18)6-9(10)12/h2-7,15H,1H3,(H,13,14). The molecule has 7 heteroatoms. The fourth-order valence-corrected chi connectivity index (χ4v) is 2.21. The lowest BCUT2D eigenvalue weighted by atomic mass is 10.2. The van der Waals surface area contributed by atoms with Crippen molar-refractivity contribution in [3.63, 3.8) is 0 Å². The predicted octanol–water partition coefficient (Wildman–Crippen LogP) is 3.10. The highest BCUT2D eigenvalue weighted by Gasteiger charge is 2.12. The normalized spacial score (nSPS) is 12.1. The van der Waals surface area contributed by atoms with Crippen LogP contribution in [0.15, 0.2) is 30.6 Å². The highest BCUT2D eigenvalue weighted by molar-refractivity contribution is 14.1. The quantitative estimate of drug-likeness (QED) is 0.500. The minimum absolute atomic E-state index is 0.00923. The number of halogens is 1. The summed E-state index contributed by atoms with van der Waals surface area (Å²) in [5.74, 6) is 0.823. The van der Waals surface area contributed by atoms with Crippen LogP contribution < -0.4 is 5.32 Å². The van der Waals surface area contributed by atoms with Gasteiger partial charge in [0.1, 0.15) is 5.82 Å². The fraction of sp³-hybridized carbons (Fsp3) is 0.182. The van der Waals surface area contributed by atoms with E-state index in [1.54, 1.807) is 18.5 Å². The molecule has 0 aliphatic heterocycles. The SMILES string of the molecule is CC(Nc1ccc([N+](=O)[O-])cc1I)c1ncc[nH]1. The summed E-state index contributed by atoms with van der Waals surface area (Å²) in [6, 6.07) is 4.74. The van der Waals surface area contributed by atoms with Crippen molar-refractivity contribution in [2.45, 2.75) is 13.0 Å². The second kappa shape index (κ2) is 5.34. The topological polar surface area (TPSA) is 83.8 Å². The van der Waals surface area contributed by atoms with Gasteiger partial charge in [-0.3, -0.25) is 10.1 Å². The number of aromatic amines is 1. The Labute approximate surface area is 117 Å². The minimum atomic E-state index is -0.401. The van der Waals surface area contributed by atoms with E-state index in [1.807, 2.05) is 6.92 Å². The second-order valence-electron chi connectivity index (χ2n) is 3.76. The molecule has 0 saturated carbocycles. The largest absolute Gasteiger partial charge is 0.375 e. The second-order valence-corrected chi connectivity index (χ2v) is 4.92. The molecule has 18 heavy (non-hydrogen) atoms. The summed E-state index contributed by atoms with van der Waals surface area (Å²) in [6.45, 7) is 1.97. The molecule has 1 atom stereocenters. The maximum absolute atomic E-state index is 10.6. The van der Waals surface area contributed by atoms with Crippen LogP contribution in [0.1, 0.15) is 18.8 Å². The molecule has 0 aliphatic carbocycles. The van der Waals surface area contributed by atoms with E-state index in [-0.39, 0.29) is 11.7 Å². The van der Waals surface area contributed by atoms with Gasteiger partial charge in [0.25, 0.3) is 5.69 Å². The van der Waals surface area contributed by atoms with Crippen molar-refractivity contribution in [2.75, 3.05) is 5.32 Å². The maximum Gasteiger partial charge on any atom is 0.270 e. The highest BCUT2D eigenvalue weighted by atomic mass is 127. The van der Waals surface area contributed by atoms with E-state index in [9.17, 15) is 10.1 Å². The molecule has 1 unspecified atom stereocenters. The van der Waals surface area contributed by atoms with Gasteiger partial charge in [0, 0.05) is 33.8 Å². The molecule has 0 spiro atoms. The van der Waals surface area contributed by atoms with Gasteiger partial charge < -0.3 is 10.3 Å². The third-order valence-corrected chi connectivity index (χ3v) is 3.36. The molecule has 0 radical (unpaired) electrons. The van der Waals surface area contributed by atoms with Crippen LogP contribution in [0.25, 0.3) is 0 Å². The molecule has 1 aromatic heterocycles. The van der Waals surface area contributed by atoms with Gasteiger partial charge in [-0.2, -0.15) is 0 Å². The number of imidazole rings is 1. The van der Waals surface area contributed by atoms with Crippen LogP contribution in [0.3, 0.4) is 0 Å². The summed E-state index contributed by atoms with van der Waals surface area (Å²) in [5.41, 5.74) is 0.945. The Morgan fingerprint density at radius 1 is 1.56 bits per heavy atom. The first-order chi connectivity index (χ1) is 8.58. The number of nitro groups is 1. The van der Waals surface area contributed by atoms with Gasteiger partial charge in [0.05, 0.1) is 11.0 Å². The van der Waals surface area contributed by atoms with Crippen molar-refractivity contribution in [2.24, 2.45) is 0 Å². The van der Waals surface area contributed by atoms with E-state index >= 15 is 0 Å². The Bertz CT molecular complexity index is 556. The van der Waals surface area contributed by atoms with Crippen LogP contribution >= 0.6 is 22.6 Å². The number of hydrogen-bond donors (Lipinski definition) is 2. The van der Waals surface area contributed by atoms with Crippen molar-refractivity contribution in [3.8, 4) is 0 Å². The summed E-state index contributed by atoms with van der Waals surface area (Å²) >= 11 is 2.07. The van der Waals surface area contributed by atoms with Gasteiger partial charge in [-0.25, -0.2) is 4.98 Å². The van der Waals surface area contributed by atoms with Crippen LogP contribution in [0, 0.1) is 13.7 Å². The Morgan fingerprint density at radius 3 is 2.89 bits per heavy atom. The summed E-state index contributed by atoms with van der Waals surface area (Å²) < 4.78 is 0.806. The predicted molar refractivity (Wildman–Crippen MR) is 76.4 cm³/mol. The third kappa shape index (κ3) is 2.78. The van der Waals surface area contributed by atoms with Crippen molar-refractivity contribution in [1.82, 2.24) is 9.97 Å². The average molecular weight is 358 g/mol. The number of nitrogens with zero attached hydrogens (tertiary/aromatic N) is 2. The molecule has 0 saturated heterocycles. The van der Waals surface area contributed by atoms with Crippen molar-refractivity contribution >= 4 is 34.0 Å². The lowest BCUT2D eigenvalue weighted by Gasteiger charge is -2.14. The van der Waals surface area contributed by atoms with Crippen molar-refractivity contribution in [1.29, 1.82) is 0 Å². The Hall–Kier alpha value is -1.64. The Kier molecular flexibility index (Phi) is 3.80. The number of H-pyrrole nitrogens is 1. The molecule has 94 valence electrons. The zero-order chi connectivity index (χ0) is 13.1.